The van der Waals surface area contributed by atoms with E-state index in [4.69, 9.17) is 9.47 Å². The molecule has 1 aromatic rings. The molecule has 0 radical (unpaired) electrons. The Balaban J connectivity index is 1.96. The van der Waals surface area contributed by atoms with Gasteiger partial charge in [-0.1, -0.05) is 0 Å². The number of hydrogen-bond donors (Lipinski definition) is 0. The van der Waals surface area contributed by atoms with E-state index in [9.17, 15) is 9.59 Å². The molecule has 7 nitrogen and oxygen atoms in total. The molecule has 0 bridgehead atoms. The van der Waals surface area contributed by atoms with Gasteiger partial charge in [0.05, 0.1) is 12.2 Å². The first-order valence-corrected chi connectivity index (χ1v) is 8.16. The van der Waals surface area contributed by atoms with E-state index in [1.165, 1.54) is 0 Å². The first-order chi connectivity index (χ1) is 11.3. The van der Waals surface area contributed by atoms with Crippen LogP contribution in [-0.2, 0) is 9.47 Å². The van der Waals surface area contributed by atoms with Crippen LogP contribution < -0.4 is 4.90 Å². The van der Waals surface area contributed by atoms with Gasteiger partial charge in [0.1, 0.15) is 11.4 Å². The molecule has 2 heterocycles. The van der Waals surface area contributed by atoms with E-state index in [2.05, 4.69) is 4.98 Å². The first kappa shape index (κ1) is 18.0. The van der Waals surface area contributed by atoms with Crippen molar-refractivity contribution in [1.82, 2.24) is 9.88 Å². The lowest BCUT2D eigenvalue weighted by Gasteiger charge is -2.36. The number of esters is 1. The summed E-state index contributed by atoms with van der Waals surface area (Å²) < 4.78 is 10.4. The maximum Gasteiger partial charge on any atom is 0.410 e. The molecule has 0 atom stereocenters. The summed E-state index contributed by atoms with van der Waals surface area (Å²) >= 11 is 0. The molecule has 0 saturated carbocycles. The third-order valence-corrected chi connectivity index (χ3v) is 3.51. The van der Waals surface area contributed by atoms with Crippen molar-refractivity contribution in [1.29, 1.82) is 0 Å². The highest BCUT2D eigenvalue weighted by Crippen LogP contribution is 2.17. The molecule has 0 spiro atoms. The normalized spacial score (nSPS) is 15.2. The number of hydrogen-bond acceptors (Lipinski definition) is 6. The van der Waals surface area contributed by atoms with Crippen molar-refractivity contribution in [2.45, 2.75) is 33.3 Å². The van der Waals surface area contributed by atoms with Crippen LogP contribution in [-0.4, -0.2) is 60.3 Å². The number of pyridine rings is 1. The summed E-state index contributed by atoms with van der Waals surface area (Å²) in [7, 11) is 0. The summed E-state index contributed by atoms with van der Waals surface area (Å²) in [6.07, 6.45) is 1.30. The van der Waals surface area contributed by atoms with E-state index in [-0.39, 0.29) is 12.1 Å². The number of amides is 1. The van der Waals surface area contributed by atoms with E-state index < -0.39 is 5.60 Å². The van der Waals surface area contributed by atoms with E-state index in [1.54, 1.807) is 30.2 Å². The third-order valence-electron chi connectivity index (χ3n) is 3.51. The zero-order valence-corrected chi connectivity index (χ0v) is 14.7. The molecular weight excluding hydrogens is 310 g/mol. The fourth-order valence-electron chi connectivity index (χ4n) is 2.38. The van der Waals surface area contributed by atoms with Crippen LogP contribution in [0, 0.1) is 0 Å². The van der Waals surface area contributed by atoms with Gasteiger partial charge >= 0.3 is 12.1 Å². The number of anilines is 1. The van der Waals surface area contributed by atoms with Gasteiger partial charge in [0.15, 0.2) is 0 Å². The minimum Gasteiger partial charge on any atom is -0.462 e. The number of piperazine rings is 1. The van der Waals surface area contributed by atoms with Crippen LogP contribution in [0.2, 0.25) is 0 Å². The van der Waals surface area contributed by atoms with Crippen LogP contribution >= 0.6 is 0 Å². The lowest BCUT2D eigenvalue weighted by atomic mass is 10.2. The molecule has 132 valence electrons. The Hall–Kier alpha value is -2.31. The Kier molecular flexibility index (Phi) is 5.64. The minimum absolute atomic E-state index is 0.296. The number of nitrogens with zero attached hydrogens (tertiary/aromatic N) is 3. The second-order valence-corrected chi connectivity index (χ2v) is 6.58. The van der Waals surface area contributed by atoms with Crippen LogP contribution in [0.15, 0.2) is 18.3 Å². The molecule has 0 aliphatic carbocycles. The topological polar surface area (TPSA) is 72.0 Å². The van der Waals surface area contributed by atoms with Gasteiger partial charge in [0.25, 0.3) is 0 Å². The second-order valence-electron chi connectivity index (χ2n) is 6.58. The standard InChI is InChI=1S/C17H25N3O4/c1-5-23-15(21)13-6-7-18-14(12-13)19-8-10-20(11-9-19)16(22)24-17(2,3)4/h6-7,12H,5,8-11H2,1-4H3. The Morgan fingerprint density at radius 3 is 2.46 bits per heavy atom. The minimum atomic E-state index is -0.496. The summed E-state index contributed by atoms with van der Waals surface area (Å²) in [6, 6.07) is 3.36. The Labute approximate surface area is 142 Å². The maximum absolute atomic E-state index is 12.1. The number of carbonyl (C=O) groups is 2. The smallest absolute Gasteiger partial charge is 0.410 e. The molecule has 0 aromatic carbocycles. The van der Waals surface area contributed by atoms with Crippen molar-refractivity contribution >= 4 is 17.9 Å². The van der Waals surface area contributed by atoms with Gasteiger partial charge in [-0.15, -0.1) is 0 Å². The first-order valence-electron chi connectivity index (χ1n) is 8.16. The molecule has 2 rings (SSSR count). The number of ether oxygens (including phenoxy) is 2. The molecule has 0 N–H and O–H groups in total. The maximum atomic E-state index is 12.1. The van der Waals surface area contributed by atoms with Crippen LogP contribution in [0.4, 0.5) is 10.6 Å². The van der Waals surface area contributed by atoms with E-state index >= 15 is 0 Å². The lowest BCUT2D eigenvalue weighted by molar-refractivity contribution is 0.0240. The number of carbonyl (C=O) groups excluding carboxylic acids is 2. The highest BCUT2D eigenvalue weighted by Gasteiger charge is 2.26. The van der Waals surface area contributed by atoms with E-state index in [0.29, 0.717) is 44.2 Å². The summed E-state index contributed by atoms with van der Waals surface area (Å²) in [6.45, 7) is 10.1. The van der Waals surface area contributed by atoms with Crippen molar-refractivity contribution in [3.63, 3.8) is 0 Å². The molecule has 1 aromatic heterocycles. The molecule has 24 heavy (non-hydrogen) atoms. The van der Waals surface area contributed by atoms with Gasteiger partial charge in [-0.2, -0.15) is 0 Å². The van der Waals surface area contributed by atoms with Crippen LogP contribution in [0.1, 0.15) is 38.1 Å². The Morgan fingerprint density at radius 1 is 1.21 bits per heavy atom. The molecule has 1 aliphatic heterocycles. The average molecular weight is 335 g/mol. The van der Waals surface area contributed by atoms with Gasteiger partial charge in [-0.25, -0.2) is 14.6 Å². The van der Waals surface area contributed by atoms with Gasteiger partial charge in [-0.05, 0) is 39.8 Å². The third kappa shape index (κ3) is 4.84. The predicted octanol–water partition coefficient (Wildman–Crippen LogP) is 2.32. The Bertz CT molecular complexity index is 590. The second kappa shape index (κ2) is 7.51. The van der Waals surface area contributed by atoms with Crippen LogP contribution in [0.3, 0.4) is 0 Å². The predicted molar refractivity (Wildman–Crippen MR) is 90.2 cm³/mol. The van der Waals surface area contributed by atoms with Gasteiger partial charge in [0, 0.05) is 32.4 Å². The van der Waals surface area contributed by atoms with Crippen LogP contribution in [0.25, 0.3) is 0 Å². The summed E-state index contributed by atoms with van der Waals surface area (Å²) in [5.41, 5.74) is -0.0135. The van der Waals surface area contributed by atoms with Gasteiger partial charge in [-0.3, -0.25) is 0 Å². The zero-order valence-electron chi connectivity index (χ0n) is 14.7. The van der Waals surface area contributed by atoms with E-state index in [1.807, 2.05) is 25.7 Å². The van der Waals surface area contributed by atoms with Crippen molar-refractivity contribution in [3.8, 4) is 0 Å². The van der Waals surface area contributed by atoms with Crippen LogP contribution in [0.5, 0.6) is 0 Å². The molecule has 1 saturated heterocycles. The Morgan fingerprint density at radius 2 is 1.88 bits per heavy atom. The van der Waals surface area contributed by atoms with Gasteiger partial charge < -0.3 is 19.3 Å². The fraction of sp³-hybridized carbons (Fsp3) is 0.588. The molecule has 1 amide bonds. The molecule has 1 aliphatic rings. The molecule has 1 fully saturated rings. The quantitative estimate of drug-likeness (QED) is 0.790. The summed E-state index contributed by atoms with van der Waals surface area (Å²) in [4.78, 5) is 32.0. The van der Waals surface area contributed by atoms with Crippen molar-refractivity contribution in [2.75, 3.05) is 37.7 Å². The van der Waals surface area contributed by atoms with Crippen molar-refractivity contribution in [2.24, 2.45) is 0 Å². The highest BCUT2D eigenvalue weighted by atomic mass is 16.6. The van der Waals surface area contributed by atoms with Crippen molar-refractivity contribution < 1.29 is 19.1 Å². The molecule has 7 heteroatoms. The van der Waals surface area contributed by atoms with Gasteiger partial charge in [0.2, 0.25) is 0 Å². The largest absolute Gasteiger partial charge is 0.462 e. The highest BCUT2D eigenvalue weighted by molar-refractivity contribution is 5.90. The number of aromatic nitrogens is 1. The summed E-state index contributed by atoms with van der Waals surface area (Å²) in [5, 5.41) is 0. The fourth-order valence-corrected chi connectivity index (χ4v) is 2.38. The zero-order chi connectivity index (χ0) is 17.7. The van der Waals surface area contributed by atoms with E-state index in [0.717, 1.165) is 0 Å². The lowest BCUT2D eigenvalue weighted by Crippen LogP contribution is -2.50. The molecular formula is C17H25N3O4. The monoisotopic (exact) mass is 335 g/mol. The summed E-state index contributed by atoms with van der Waals surface area (Å²) in [5.74, 6) is 0.359. The average Bonchev–Trinajstić information content (AvgIpc) is 2.54. The number of rotatable bonds is 3. The molecule has 0 unspecified atom stereocenters. The SMILES string of the molecule is CCOC(=O)c1ccnc(N2CCN(C(=O)OC(C)(C)C)CC2)c1. The van der Waals surface area contributed by atoms with Crippen molar-refractivity contribution in [3.05, 3.63) is 23.9 Å².